The molecule has 33 heavy (non-hydrogen) atoms. The molecule has 5 fully saturated rings. The zero-order chi connectivity index (χ0) is 23.2. The largest absolute Gasteiger partial charge is 0.330 e. The molecule has 4 bridgehead atoms. The van der Waals surface area contributed by atoms with Gasteiger partial charge >= 0.3 is 0 Å². The van der Waals surface area contributed by atoms with E-state index in [-0.39, 0.29) is 22.3 Å². The molecule has 5 aliphatic rings. The Hall–Kier alpha value is -1.95. The van der Waals surface area contributed by atoms with Crippen LogP contribution >= 0.6 is 0 Å². The van der Waals surface area contributed by atoms with Crippen LogP contribution in [0.15, 0.2) is 12.1 Å². The fourth-order valence-corrected chi connectivity index (χ4v) is 7.81. The summed E-state index contributed by atoms with van der Waals surface area (Å²) in [5.74, 6) is 2.65. The third-order valence-electron chi connectivity index (χ3n) is 9.04. The van der Waals surface area contributed by atoms with Gasteiger partial charge in [0.15, 0.2) is 11.3 Å². The number of hydrogen-bond acceptors (Lipinski definition) is 4. The lowest BCUT2D eigenvalue weighted by Crippen LogP contribution is -2.59. The van der Waals surface area contributed by atoms with Crippen molar-refractivity contribution < 1.29 is 4.79 Å². The monoisotopic (exact) mass is 449 g/mol. The summed E-state index contributed by atoms with van der Waals surface area (Å²) in [5.41, 5.74) is 3.70. The van der Waals surface area contributed by atoms with Crippen LogP contribution in [0.3, 0.4) is 0 Å². The topological polar surface area (TPSA) is 62.5 Å². The molecule has 0 spiro atoms. The highest BCUT2D eigenvalue weighted by Gasteiger charge is 2.52. The van der Waals surface area contributed by atoms with Crippen LogP contribution in [0.1, 0.15) is 95.0 Å². The Kier molecular flexibility index (Phi) is 4.60. The van der Waals surface area contributed by atoms with Gasteiger partial charge in [-0.2, -0.15) is 5.10 Å². The zero-order valence-corrected chi connectivity index (χ0v) is 20.9. The normalized spacial score (nSPS) is 33.1. The summed E-state index contributed by atoms with van der Waals surface area (Å²) >= 11 is 0. The Labute approximate surface area is 197 Å². The SMILES string of the molecule is CC(C)(C)c1cc(C23CC4CC(CC(C4)C2)C3)nc2cc(C(=O)N3CCNCC3(C)C)nn12. The average Bonchev–Trinajstić information content (AvgIpc) is 3.15. The second kappa shape index (κ2) is 7.03. The standard InChI is InChI=1S/C27H39N5O/c1-25(2,3)22-12-21(27-13-17-8-18(14-27)10-19(9-17)15-27)29-23-11-20(30-32(22)23)24(33)31-7-6-28-16-26(31,4)5/h11-12,17-19,28H,6-10,13-16H2,1-5H3. The number of rotatable bonds is 2. The number of carbonyl (C=O) groups is 1. The minimum Gasteiger partial charge on any atom is -0.330 e. The Morgan fingerprint density at radius 2 is 1.70 bits per heavy atom. The van der Waals surface area contributed by atoms with Gasteiger partial charge in [-0.25, -0.2) is 9.50 Å². The number of carbonyl (C=O) groups excluding carboxylic acids is 1. The zero-order valence-electron chi connectivity index (χ0n) is 20.9. The van der Waals surface area contributed by atoms with Crippen molar-refractivity contribution in [2.45, 2.75) is 89.5 Å². The van der Waals surface area contributed by atoms with Gasteiger partial charge in [0.1, 0.15) is 0 Å². The molecule has 2 aromatic heterocycles. The quantitative estimate of drug-likeness (QED) is 0.742. The first-order valence-corrected chi connectivity index (χ1v) is 13.0. The van der Waals surface area contributed by atoms with Crippen molar-refractivity contribution in [2.75, 3.05) is 19.6 Å². The molecular weight excluding hydrogens is 410 g/mol. The van der Waals surface area contributed by atoms with Crippen molar-refractivity contribution in [3.05, 3.63) is 29.2 Å². The van der Waals surface area contributed by atoms with E-state index < -0.39 is 0 Å². The van der Waals surface area contributed by atoms with Crippen molar-refractivity contribution in [1.29, 1.82) is 0 Å². The summed E-state index contributed by atoms with van der Waals surface area (Å²) < 4.78 is 1.95. The van der Waals surface area contributed by atoms with E-state index in [1.54, 1.807) is 0 Å². The maximum absolute atomic E-state index is 13.5. The third kappa shape index (κ3) is 3.43. The Bertz CT molecular complexity index is 1070. The van der Waals surface area contributed by atoms with Crippen molar-refractivity contribution in [3.8, 4) is 0 Å². The van der Waals surface area contributed by atoms with Crippen LogP contribution in [0.4, 0.5) is 0 Å². The molecule has 1 saturated heterocycles. The first kappa shape index (κ1) is 21.6. The molecule has 0 unspecified atom stereocenters. The predicted octanol–water partition coefficient (Wildman–Crippen LogP) is 4.32. The molecule has 6 nitrogen and oxygen atoms in total. The van der Waals surface area contributed by atoms with E-state index >= 15 is 0 Å². The summed E-state index contributed by atoms with van der Waals surface area (Å²) in [5, 5.41) is 8.26. The van der Waals surface area contributed by atoms with Crippen molar-refractivity contribution in [1.82, 2.24) is 24.8 Å². The van der Waals surface area contributed by atoms with E-state index in [1.165, 1.54) is 44.2 Å². The van der Waals surface area contributed by atoms with Crippen molar-refractivity contribution in [3.63, 3.8) is 0 Å². The molecule has 2 aromatic rings. The van der Waals surface area contributed by atoms with Crippen LogP contribution in [-0.4, -0.2) is 50.6 Å². The molecule has 1 aliphatic heterocycles. The van der Waals surface area contributed by atoms with E-state index in [2.05, 4.69) is 46.0 Å². The number of amides is 1. The smallest absolute Gasteiger partial charge is 0.274 e. The maximum Gasteiger partial charge on any atom is 0.274 e. The fourth-order valence-electron chi connectivity index (χ4n) is 7.81. The Morgan fingerprint density at radius 3 is 2.27 bits per heavy atom. The summed E-state index contributed by atoms with van der Waals surface area (Å²) in [4.78, 5) is 20.8. The molecular formula is C27H39N5O. The van der Waals surface area contributed by atoms with Crippen LogP contribution in [0.5, 0.6) is 0 Å². The fraction of sp³-hybridized carbons (Fsp3) is 0.741. The molecule has 0 aromatic carbocycles. The van der Waals surface area contributed by atoms with Crippen LogP contribution in [0.2, 0.25) is 0 Å². The summed E-state index contributed by atoms with van der Waals surface area (Å²) in [6.07, 6.45) is 8.17. The van der Waals surface area contributed by atoms with E-state index in [0.29, 0.717) is 12.2 Å². The molecule has 7 rings (SSSR count). The van der Waals surface area contributed by atoms with Gasteiger partial charge in [0.2, 0.25) is 0 Å². The van der Waals surface area contributed by atoms with Crippen molar-refractivity contribution in [2.24, 2.45) is 17.8 Å². The van der Waals surface area contributed by atoms with Gasteiger partial charge in [-0.05, 0) is 76.2 Å². The summed E-state index contributed by atoms with van der Waals surface area (Å²) in [6, 6.07) is 4.29. The van der Waals surface area contributed by atoms with Gasteiger partial charge < -0.3 is 10.2 Å². The highest BCUT2D eigenvalue weighted by atomic mass is 16.2. The third-order valence-corrected chi connectivity index (χ3v) is 9.04. The van der Waals surface area contributed by atoms with Crippen LogP contribution in [0, 0.1) is 17.8 Å². The van der Waals surface area contributed by atoms with Crippen molar-refractivity contribution >= 4 is 11.6 Å². The number of hydrogen-bond donors (Lipinski definition) is 1. The number of piperazine rings is 1. The lowest BCUT2D eigenvalue weighted by molar-refractivity contribution is -0.00722. The minimum atomic E-state index is -0.226. The predicted molar refractivity (Wildman–Crippen MR) is 130 cm³/mol. The molecule has 178 valence electrons. The second-order valence-electron chi connectivity index (χ2n) is 13.2. The number of fused-ring (bicyclic) bond motifs is 1. The Morgan fingerprint density at radius 1 is 1.06 bits per heavy atom. The highest BCUT2D eigenvalue weighted by molar-refractivity contribution is 5.94. The van der Waals surface area contributed by atoms with Gasteiger partial charge in [0.25, 0.3) is 5.91 Å². The lowest BCUT2D eigenvalue weighted by atomic mass is 9.48. The first-order chi connectivity index (χ1) is 15.5. The van der Waals surface area contributed by atoms with Gasteiger partial charge in [-0.15, -0.1) is 0 Å². The molecule has 0 atom stereocenters. The molecule has 6 heteroatoms. The minimum absolute atomic E-state index is 0.0169. The number of aromatic nitrogens is 3. The summed E-state index contributed by atoms with van der Waals surface area (Å²) in [7, 11) is 0. The molecule has 1 N–H and O–H groups in total. The maximum atomic E-state index is 13.5. The summed E-state index contributed by atoms with van der Waals surface area (Å²) in [6.45, 7) is 13.3. The van der Waals surface area contributed by atoms with Crippen LogP contribution in [-0.2, 0) is 10.8 Å². The molecule has 1 amide bonds. The van der Waals surface area contributed by atoms with Gasteiger partial charge in [-0.1, -0.05) is 20.8 Å². The van der Waals surface area contributed by atoms with Crippen LogP contribution in [0.25, 0.3) is 5.65 Å². The molecule has 4 aliphatic carbocycles. The van der Waals surface area contributed by atoms with Gasteiger partial charge in [-0.3, -0.25) is 4.79 Å². The number of nitrogens with zero attached hydrogens (tertiary/aromatic N) is 4. The van der Waals surface area contributed by atoms with Gasteiger partial charge in [0.05, 0.1) is 16.9 Å². The molecule has 0 radical (unpaired) electrons. The lowest BCUT2D eigenvalue weighted by Gasteiger charge is -2.56. The van der Waals surface area contributed by atoms with E-state index in [4.69, 9.17) is 10.1 Å². The van der Waals surface area contributed by atoms with E-state index in [9.17, 15) is 4.79 Å². The van der Waals surface area contributed by atoms with E-state index in [1.807, 2.05) is 15.5 Å². The highest BCUT2D eigenvalue weighted by Crippen LogP contribution is 2.60. The molecule has 4 saturated carbocycles. The van der Waals surface area contributed by atoms with Crippen LogP contribution < -0.4 is 5.32 Å². The van der Waals surface area contributed by atoms with Gasteiger partial charge in [0, 0.05) is 36.5 Å². The molecule has 3 heterocycles. The second-order valence-corrected chi connectivity index (χ2v) is 13.2. The first-order valence-electron chi connectivity index (χ1n) is 13.0. The Balaban J connectivity index is 1.45. The van der Waals surface area contributed by atoms with E-state index in [0.717, 1.165) is 42.2 Å². The number of nitrogens with one attached hydrogen (secondary N) is 1. The average molecular weight is 450 g/mol.